The number of carbonyl (C=O) groups is 1. The maximum absolute atomic E-state index is 13.0. The first-order valence-corrected chi connectivity index (χ1v) is 9.82. The van der Waals surface area contributed by atoms with Crippen LogP contribution in [0.3, 0.4) is 0 Å². The smallest absolute Gasteiger partial charge is 0.270 e. The van der Waals surface area contributed by atoms with Crippen LogP contribution in [-0.2, 0) is 7.05 Å². The minimum atomic E-state index is 0.149. The van der Waals surface area contributed by atoms with Crippen LogP contribution in [0, 0.1) is 0 Å². The number of piperazine rings is 1. The molecule has 0 bridgehead atoms. The summed E-state index contributed by atoms with van der Waals surface area (Å²) in [6, 6.07) is 6.71. The predicted octanol–water partition coefficient (Wildman–Crippen LogP) is 3.18. The lowest BCUT2D eigenvalue weighted by Gasteiger charge is -2.40. The van der Waals surface area contributed by atoms with Crippen molar-refractivity contribution in [3.63, 3.8) is 0 Å². The number of carbonyl (C=O) groups excluding carboxylic acids is 1. The second-order valence-corrected chi connectivity index (χ2v) is 7.58. The molecule has 2 aromatic heterocycles. The fourth-order valence-corrected chi connectivity index (χ4v) is 4.38. The van der Waals surface area contributed by atoms with Crippen molar-refractivity contribution in [1.29, 1.82) is 0 Å². The zero-order valence-corrected chi connectivity index (χ0v) is 15.6. The van der Waals surface area contributed by atoms with Gasteiger partial charge >= 0.3 is 0 Å². The third-order valence-corrected chi connectivity index (χ3v) is 5.93. The second-order valence-electron chi connectivity index (χ2n) is 7.58. The molecule has 4 rings (SSSR count). The Morgan fingerprint density at radius 2 is 1.69 bits per heavy atom. The Labute approximate surface area is 155 Å². The van der Waals surface area contributed by atoms with Gasteiger partial charge < -0.3 is 9.47 Å². The van der Waals surface area contributed by atoms with Crippen molar-refractivity contribution >= 4 is 5.91 Å². The molecule has 0 aromatic carbocycles. The summed E-state index contributed by atoms with van der Waals surface area (Å²) in [7, 11) is 1.95. The maximum Gasteiger partial charge on any atom is 0.270 e. The number of rotatable bonds is 3. The Morgan fingerprint density at radius 3 is 2.38 bits per heavy atom. The third kappa shape index (κ3) is 3.54. The highest BCUT2D eigenvalue weighted by atomic mass is 16.2. The zero-order chi connectivity index (χ0) is 17.9. The molecule has 0 atom stereocenters. The van der Waals surface area contributed by atoms with Crippen LogP contribution < -0.4 is 0 Å². The molecule has 0 radical (unpaired) electrons. The third-order valence-electron chi connectivity index (χ3n) is 5.93. The van der Waals surface area contributed by atoms with Gasteiger partial charge in [0.15, 0.2) is 0 Å². The van der Waals surface area contributed by atoms with E-state index in [2.05, 4.69) is 9.88 Å². The summed E-state index contributed by atoms with van der Waals surface area (Å²) in [5.74, 6) is 0.149. The van der Waals surface area contributed by atoms with Crippen LogP contribution in [0.1, 0.15) is 42.6 Å². The van der Waals surface area contributed by atoms with E-state index in [4.69, 9.17) is 0 Å². The summed E-state index contributed by atoms with van der Waals surface area (Å²) >= 11 is 0. The Morgan fingerprint density at radius 1 is 1.00 bits per heavy atom. The van der Waals surface area contributed by atoms with Gasteiger partial charge in [0.05, 0.1) is 0 Å². The van der Waals surface area contributed by atoms with Crippen LogP contribution in [0.25, 0.3) is 11.1 Å². The van der Waals surface area contributed by atoms with Crippen molar-refractivity contribution in [3.8, 4) is 11.1 Å². The van der Waals surface area contributed by atoms with Crippen LogP contribution in [0.5, 0.6) is 0 Å². The zero-order valence-electron chi connectivity index (χ0n) is 15.6. The average molecular weight is 352 g/mol. The summed E-state index contributed by atoms with van der Waals surface area (Å²) in [5, 5.41) is 0. The molecule has 138 valence electrons. The molecular weight excluding hydrogens is 324 g/mol. The van der Waals surface area contributed by atoms with Crippen molar-refractivity contribution in [2.24, 2.45) is 7.05 Å². The van der Waals surface area contributed by atoms with Crippen molar-refractivity contribution in [2.45, 2.75) is 38.1 Å². The van der Waals surface area contributed by atoms with E-state index in [1.54, 1.807) is 12.4 Å². The number of amides is 1. The molecule has 0 unspecified atom stereocenters. The second kappa shape index (κ2) is 7.62. The Kier molecular flexibility index (Phi) is 5.07. The summed E-state index contributed by atoms with van der Waals surface area (Å²) in [6.07, 6.45) is 12.4. The van der Waals surface area contributed by atoms with Gasteiger partial charge in [-0.25, -0.2) is 0 Å². The molecule has 1 saturated heterocycles. The monoisotopic (exact) mass is 352 g/mol. The lowest BCUT2D eigenvalue weighted by molar-refractivity contribution is 0.0515. The van der Waals surface area contributed by atoms with Gasteiger partial charge in [-0.05, 0) is 36.6 Å². The molecule has 2 aromatic rings. The largest absolute Gasteiger partial charge is 0.346 e. The lowest BCUT2D eigenvalue weighted by atomic mass is 9.94. The van der Waals surface area contributed by atoms with Crippen molar-refractivity contribution in [3.05, 3.63) is 42.5 Å². The summed E-state index contributed by atoms with van der Waals surface area (Å²) in [6.45, 7) is 3.70. The van der Waals surface area contributed by atoms with Crippen molar-refractivity contribution in [2.75, 3.05) is 26.2 Å². The van der Waals surface area contributed by atoms with E-state index in [1.165, 1.54) is 32.1 Å². The number of nitrogens with zero attached hydrogens (tertiary/aromatic N) is 4. The fourth-order valence-electron chi connectivity index (χ4n) is 4.38. The number of pyridine rings is 1. The van der Waals surface area contributed by atoms with E-state index in [1.807, 2.05) is 40.9 Å². The van der Waals surface area contributed by atoms with Gasteiger partial charge in [0.1, 0.15) is 5.69 Å². The highest BCUT2D eigenvalue weighted by Gasteiger charge is 2.28. The minimum Gasteiger partial charge on any atom is -0.346 e. The maximum atomic E-state index is 13.0. The molecule has 1 saturated carbocycles. The molecule has 2 aliphatic rings. The quantitative estimate of drug-likeness (QED) is 0.852. The molecule has 26 heavy (non-hydrogen) atoms. The summed E-state index contributed by atoms with van der Waals surface area (Å²) in [4.78, 5) is 21.7. The van der Waals surface area contributed by atoms with Gasteiger partial charge in [-0.2, -0.15) is 0 Å². The summed E-state index contributed by atoms with van der Waals surface area (Å²) < 4.78 is 1.95. The van der Waals surface area contributed by atoms with E-state index in [0.717, 1.165) is 49.0 Å². The standard InChI is InChI=1S/C21H28N4O/c1-23-16-18(17-7-9-22-10-8-17)15-20(23)21(26)25-13-11-24(12-14-25)19-5-3-2-4-6-19/h7-10,15-16,19H,2-6,11-14H2,1H3. The van der Waals surface area contributed by atoms with Crippen LogP contribution in [0.15, 0.2) is 36.8 Å². The van der Waals surface area contributed by atoms with Crippen LogP contribution in [0.2, 0.25) is 0 Å². The average Bonchev–Trinajstić information content (AvgIpc) is 3.10. The number of aromatic nitrogens is 2. The first kappa shape index (κ1) is 17.3. The van der Waals surface area contributed by atoms with Crippen molar-refractivity contribution in [1.82, 2.24) is 19.4 Å². The molecule has 1 aliphatic heterocycles. The van der Waals surface area contributed by atoms with Crippen LogP contribution >= 0.6 is 0 Å². The lowest BCUT2D eigenvalue weighted by Crippen LogP contribution is -2.52. The molecule has 3 heterocycles. The Hall–Kier alpha value is -2.14. The molecule has 0 N–H and O–H groups in total. The highest BCUT2D eigenvalue weighted by Crippen LogP contribution is 2.25. The highest BCUT2D eigenvalue weighted by molar-refractivity contribution is 5.94. The van der Waals surface area contributed by atoms with Crippen LogP contribution in [-0.4, -0.2) is 57.5 Å². The molecule has 1 amide bonds. The SMILES string of the molecule is Cn1cc(-c2ccncc2)cc1C(=O)N1CCN(C2CCCCC2)CC1. The molecular formula is C21H28N4O. The first-order valence-electron chi connectivity index (χ1n) is 9.82. The van der Waals surface area contributed by atoms with Crippen molar-refractivity contribution < 1.29 is 4.79 Å². The van der Waals surface area contributed by atoms with Crippen LogP contribution in [0.4, 0.5) is 0 Å². The Balaban J connectivity index is 1.41. The fraction of sp³-hybridized carbons (Fsp3) is 0.524. The molecule has 5 nitrogen and oxygen atoms in total. The van der Waals surface area contributed by atoms with E-state index in [9.17, 15) is 4.79 Å². The normalized spacial score (nSPS) is 19.7. The summed E-state index contributed by atoms with van der Waals surface area (Å²) in [5.41, 5.74) is 2.93. The molecule has 5 heteroatoms. The van der Waals surface area contributed by atoms with Gasteiger partial charge in [0.25, 0.3) is 5.91 Å². The molecule has 0 spiro atoms. The first-order chi connectivity index (χ1) is 12.7. The number of hydrogen-bond donors (Lipinski definition) is 0. The topological polar surface area (TPSA) is 41.4 Å². The number of aryl methyl sites for hydroxylation is 1. The van der Waals surface area contributed by atoms with E-state index in [-0.39, 0.29) is 5.91 Å². The predicted molar refractivity (Wildman–Crippen MR) is 103 cm³/mol. The van der Waals surface area contributed by atoms with Gasteiger partial charge in [-0.3, -0.25) is 14.7 Å². The number of hydrogen-bond acceptors (Lipinski definition) is 3. The van der Waals surface area contributed by atoms with Gasteiger partial charge in [-0.15, -0.1) is 0 Å². The van der Waals surface area contributed by atoms with Gasteiger partial charge in [-0.1, -0.05) is 19.3 Å². The van der Waals surface area contributed by atoms with E-state index >= 15 is 0 Å². The van der Waals surface area contributed by atoms with E-state index in [0.29, 0.717) is 0 Å². The minimum absolute atomic E-state index is 0.149. The van der Waals surface area contributed by atoms with Gasteiger partial charge in [0.2, 0.25) is 0 Å². The van der Waals surface area contributed by atoms with Gasteiger partial charge in [0, 0.05) is 63.4 Å². The molecule has 2 fully saturated rings. The Bertz CT molecular complexity index is 741. The molecule has 1 aliphatic carbocycles. The van der Waals surface area contributed by atoms with E-state index < -0.39 is 0 Å².